The molecule has 0 atom stereocenters. The Bertz CT molecular complexity index is 3890. The SMILES string of the molecule is CC.c1ccc(-c2nc(-n3c4ccc(-c5cccc6c5oc5ccccc56)cc4c4cccc(-c5cccc(-c6ccc7oc8ccccc8c7c6)c5)c43)nc3ccccc23)cc1. The number of benzene rings is 9. The van der Waals surface area contributed by atoms with Gasteiger partial charge in [-0.05, 0) is 70.8 Å². The van der Waals surface area contributed by atoms with Crippen LogP contribution in [0.5, 0.6) is 0 Å². The maximum atomic E-state index is 6.54. The van der Waals surface area contributed by atoms with Gasteiger partial charge in [-0.1, -0.05) is 166 Å². The molecule has 0 spiro atoms. The molecule has 0 bridgehead atoms. The molecule has 4 heterocycles. The predicted octanol–water partition coefficient (Wildman–Crippen LogP) is 16.2. The van der Waals surface area contributed by atoms with Gasteiger partial charge >= 0.3 is 0 Å². The van der Waals surface area contributed by atoms with Gasteiger partial charge in [-0.15, -0.1) is 0 Å². The van der Waals surface area contributed by atoms with Crippen molar-refractivity contribution in [3.8, 4) is 50.6 Å². The average molecular weight is 810 g/mol. The Morgan fingerprint density at radius 3 is 1.78 bits per heavy atom. The summed E-state index contributed by atoms with van der Waals surface area (Å²) in [6, 6.07) is 70.3. The first-order valence-corrected chi connectivity index (χ1v) is 21.6. The summed E-state index contributed by atoms with van der Waals surface area (Å²) < 4.78 is 15.0. The summed E-state index contributed by atoms with van der Waals surface area (Å²) in [6.45, 7) is 4.00. The van der Waals surface area contributed by atoms with E-state index in [0.717, 1.165) is 121 Å². The van der Waals surface area contributed by atoms with Crippen LogP contribution < -0.4 is 0 Å². The maximum absolute atomic E-state index is 6.54. The molecule has 0 amide bonds. The van der Waals surface area contributed by atoms with E-state index in [9.17, 15) is 0 Å². The van der Waals surface area contributed by atoms with Gasteiger partial charge in [-0.3, -0.25) is 4.57 Å². The molecule has 0 radical (unpaired) electrons. The first-order valence-electron chi connectivity index (χ1n) is 21.6. The van der Waals surface area contributed by atoms with E-state index in [1.54, 1.807) is 0 Å². The molecule has 0 saturated heterocycles. The summed E-state index contributed by atoms with van der Waals surface area (Å²) in [5.74, 6) is 0.616. The lowest BCUT2D eigenvalue weighted by Crippen LogP contribution is -2.04. The van der Waals surface area contributed by atoms with Crippen molar-refractivity contribution < 1.29 is 8.83 Å². The van der Waals surface area contributed by atoms with Gasteiger partial charge in [0.05, 0.1) is 22.2 Å². The minimum Gasteiger partial charge on any atom is -0.456 e. The molecule has 298 valence electrons. The van der Waals surface area contributed by atoms with Crippen molar-refractivity contribution >= 4 is 76.6 Å². The lowest BCUT2D eigenvalue weighted by molar-refractivity contribution is 0.669. The molecule has 0 fully saturated rings. The molecule has 0 aliphatic heterocycles. The molecule has 0 aliphatic carbocycles. The second-order valence-electron chi connectivity index (χ2n) is 15.7. The van der Waals surface area contributed by atoms with Gasteiger partial charge in [0.2, 0.25) is 5.95 Å². The van der Waals surface area contributed by atoms with Gasteiger partial charge < -0.3 is 8.83 Å². The van der Waals surface area contributed by atoms with Crippen LogP contribution in [0.3, 0.4) is 0 Å². The molecule has 0 aliphatic rings. The molecule has 13 rings (SSSR count). The summed E-state index contributed by atoms with van der Waals surface area (Å²) >= 11 is 0. The summed E-state index contributed by atoms with van der Waals surface area (Å²) in [5, 5.41) is 7.67. The Kier molecular flexibility index (Phi) is 8.54. The van der Waals surface area contributed by atoms with E-state index in [1.165, 1.54) is 0 Å². The zero-order valence-corrected chi connectivity index (χ0v) is 34.7. The predicted molar refractivity (Wildman–Crippen MR) is 262 cm³/mol. The van der Waals surface area contributed by atoms with Gasteiger partial charge in [0.1, 0.15) is 22.3 Å². The van der Waals surface area contributed by atoms with Gasteiger partial charge in [-0.2, -0.15) is 0 Å². The molecular weight excluding hydrogens is 771 g/mol. The van der Waals surface area contributed by atoms with Crippen molar-refractivity contribution in [1.82, 2.24) is 14.5 Å². The van der Waals surface area contributed by atoms with E-state index in [1.807, 2.05) is 50.2 Å². The zero-order valence-electron chi connectivity index (χ0n) is 34.7. The highest BCUT2D eigenvalue weighted by molar-refractivity contribution is 6.16. The van der Waals surface area contributed by atoms with Crippen molar-refractivity contribution in [2.45, 2.75) is 13.8 Å². The number of fused-ring (bicyclic) bond motifs is 10. The second-order valence-corrected chi connectivity index (χ2v) is 15.7. The average Bonchev–Trinajstić information content (AvgIpc) is 4.04. The molecule has 13 aromatic rings. The number of aromatic nitrogens is 3. The first-order chi connectivity index (χ1) is 31.2. The van der Waals surface area contributed by atoms with Crippen LogP contribution >= 0.6 is 0 Å². The Balaban J connectivity index is 0.00000208. The summed E-state index contributed by atoms with van der Waals surface area (Å²) in [4.78, 5) is 10.8. The highest BCUT2D eigenvalue weighted by atomic mass is 16.3. The van der Waals surface area contributed by atoms with Crippen LogP contribution in [-0.4, -0.2) is 14.5 Å². The highest BCUT2D eigenvalue weighted by Gasteiger charge is 2.22. The van der Waals surface area contributed by atoms with Crippen molar-refractivity contribution in [2.24, 2.45) is 0 Å². The number of para-hydroxylation sites is 5. The zero-order chi connectivity index (χ0) is 42.0. The van der Waals surface area contributed by atoms with Crippen molar-refractivity contribution in [2.75, 3.05) is 0 Å². The quantitative estimate of drug-likeness (QED) is 0.174. The largest absolute Gasteiger partial charge is 0.456 e. The monoisotopic (exact) mass is 809 g/mol. The first kappa shape index (κ1) is 36.6. The Morgan fingerprint density at radius 2 is 0.937 bits per heavy atom. The third-order valence-electron chi connectivity index (χ3n) is 12.2. The van der Waals surface area contributed by atoms with Crippen LogP contribution in [0.25, 0.3) is 127 Å². The Hall–Kier alpha value is -8.28. The van der Waals surface area contributed by atoms with Gasteiger partial charge in [-0.25, -0.2) is 9.97 Å². The fourth-order valence-corrected chi connectivity index (χ4v) is 9.40. The van der Waals surface area contributed by atoms with E-state index in [2.05, 4.69) is 168 Å². The number of hydrogen-bond donors (Lipinski definition) is 0. The molecule has 0 unspecified atom stereocenters. The van der Waals surface area contributed by atoms with Crippen LogP contribution in [0.4, 0.5) is 0 Å². The minimum absolute atomic E-state index is 0.616. The van der Waals surface area contributed by atoms with Crippen LogP contribution in [0.1, 0.15) is 13.8 Å². The number of nitrogens with zero attached hydrogens (tertiary/aromatic N) is 3. The minimum atomic E-state index is 0.616. The van der Waals surface area contributed by atoms with Crippen molar-refractivity contribution in [1.29, 1.82) is 0 Å². The third kappa shape index (κ3) is 5.85. The summed E-state index contributed by atoms with van der Waals surface area (Å²) in [6.07, 6.45) is 0. The third-order valence-corrected chi connectivity index (χ3v) is 12.2. The standard InChI is InChI=1S/C56H33N3O2.C2H6/c1-2-13-34(14-3-1)53-45-19-4-7-24-48(45)57-56(58-53)59-49-29-27-38(40-21-12-23-44-41-17-5-9-26-51(41)61-55(40)44)33-46(49)43-22-11-20-39(54(43)59)37-16-10-15-35(31-37)36-28-30-52-47(32-36)42-18-6-8-25-50(42)60-52;1-2/h1-33H;1-2H3. The van der Waals surface area contributed by atoms with Crippen LogP contribution in [0.15, 0.2) is 209 Å². The van der Waals surface area contributed by atoms with Crippen LogP contribution in [0, 0.1) is 0 Å². The molecule has 9 aromatic carbocycles. The smallest absolute Gasteiger partial charge is 0.235 e. The van der Waals surface area contributed by atoms with Gasteiger partial charge in [0.25, 0.3) is 0 Å². The molecule has 5 heteroatoms. The highest BCUT2D eigenvalue weighted by Crippen LogP contribution is 2.43. The molecule has 0 N–H and O–H groups in total. The van der Waals surface area contributed by atoms with Gasteiger partial charge in [0.15, 0.2) is 0 Å². The maximum Gasteiger partial charge on any atom is 0.235 e. The number of furan rings is 2. The normalized spacial score (nSPS) is 11.7. The lowest BCUT2D eigenvalue weighted by Gasteiger charge is -2.14. The van der Waals surface area contributed by atoms with Crippen LogP contribution in [0.2, 0.25) is 0 Å². The fraction of sp³-hybridized carbons (Fsp3) is 0.0345. The van der Waals surface area contributed by atoms with E-state index in [0.29, 0.717) is 5.95 Å². The molecular formula is C58H39N3O2. The summed E-state index contributed by atoms with van der Waals surface area (Å²) in [5.41, 5.74) is 15.0. The van der Waals surface area contributed by atoms with E-state index >= 15 is 0 Å². The van der Waals surface area contributed by atoms with E-state index in [-0.39, 0.29) is 0 Å². The van der Waals surface area contributed by atoms with E-state index < -0.39 is 0 Å². The van der Waals surface area contributed by atoms with Crippen LogP contribution in [-0.2, 0) is 0 Å². The number of rotatable bonds is 5. The Morgan fingerprint density at radius 1 is 0.365 bits per heavy atom. The van der Waals surface area contributed by atoms with Crippen molar-refractivity contribution in [3.05, 3.63) is 200 Å². The Labute approximate surface area is 363 Å². The lowest BCUT2D eigenvalue weighted by atomic mass is 9.96. The van der Waals surface area contributed by atoms with E-state index in [4.69, 9.17) is 18.8 Å². The molecule has 0 saturated carbocycles. The van der Waals surface area contributed by atoms with Gasteiger partial charge in [0, 0.05) is 54.4 Å². The molecule has 4 aromatic heterocycles. The molecule has 5 nitrogen and oxygen atoms in total. The fourth-order valence-electron chi connectivity index (χ4n) is 9.40. The molecule has 63 heavy (non-hydrogen) atoms. The topological polar surface area (TPSA) is 57.0 Å². The number of hydrogen-bond acceptors (Lipinski definition) is 4. The summed E-state index contributed by atoms with van der Waals surface area (Å²) in [7, 11) is 0. The van der Waals surface area contributed by atoms with Crippen molar-refractivity contribution in [3.63, 3.8) is 0 Å². The second kappa shape index (κ2) is 14.7.